The molecular weight excluding hydrogens is 346 g/mol. The molecule has 0 radical (unpaired) electrons. The Morgan fingerprint density at radius 2 is 2.00 bits per heavy atom. The molecule has 1 aliphatic heterocycles. The zero-order valence-corrected chi connectivity index (χ0v) is 15.0. The van der Waals surface area contributed by atoms with E-state index in [9.17, 15) is 18.3 Å². The van der Waals surface area contributed by atoms with Crippen LogP contribution in [0, 0.1) is 0 Å². The molecule has 1 N–H and O–H groups in total. The average Bonchev–Trinajstić information content (AvgIpc) is 3.42. The van der Waals surface area contributed by atoms with Crippen LogP contribution in [0.5, 0.6) is 5.75 Å². The highest BCUT2D eigenvalue weighted by atomic mass is 32.2. The van der Waals surface area contributed by atoms with Gasteiger partial charge in [-0.2, -0.15) is 4.31 Å². The molecule has 138 valence electrons. The molecule has 0 aromatic heterocycles. The summed E-state index contributed by atoms with van der Waals surface area (Å²) in [5.41, 5.74) is 0.152. The first-order chi connectivity index (χ1) is 11.9. The minimum absolute atomic E-state index is 0.0210. The van der Waals surface area contributed by atoms with E-state index in [1.807, 2.05) is 0 Å². The van der Waals surface area contributed by atoms with Crippen molar-refractivity contribution in [3.63, 3.8) is 0 Å². The topological polar surface area (TPSA) is 93.1 Å². The molecule has 1 aromatic rings. The van der Waals surface area contributed by atoms with Gasteiger partial charge in [-0.25, -0.2) is 13.2 Å². The number of carbonyl (C=O) groups is 1. The van der Waals surface area contributed by atoms with Crippen molar-refractivity contribution in [2.75, 3.05) is 20.2 Å². The molecule has 8 heteroatoms. The van der Waals surface area contributed by atoms with Crippen molar-refractivity contribution in [3.8, 4) is 5.75 Å². The highest BCUT2D eigenvalue weighted by molar-refractivity contribution is 7.89. The van der Waals surface area contributed by atoms with Gasteiger partial charge < -0.3 is 14.6 Å². The predicted octanol–water partition coefficient (Wildman–Crippen LogP) is 1.55. The molecule has 1 atom stereocenters. The van der Waals surface area contributed by atoms with Gasteiger partial charge in [0.15, 0.2) is 0 Å². The van der Waals surface area contributed by atoms with Crippen LogP contribution in [0.3, 0.4) is 0 Å². The Bertz CT molecular complexity index is 744. The summed E-state index contributed by atoms with van der Waals surface area (Å²) in [7, 11) is -2.64. The number of rotatable bonds is 5. The summed E-state index contributed by atoms with van der Waals surface area (Å²) < 4.78 is 38.0. The molecule has 1 saturated heterocycles. The Morgan fingerprint density at radius 3 is 2.68 bits per heavy atom. The molecule has 0 amide bonds. The maximum atomic E-state index is 13.2. The number of benzene rings is 1. The number of hydrogen-bond donors (Lipinski definition) is 1. The van der Waals surface area contributed by atoms with Gasteiger partial charge >= 0.3 is 5.97 Å². The molecular formula is C17H23NO6S. The minimum Gasteiger partial charge on any atom is -0.489 e. The van der Waals surface area contributed by atoms with E-state index in [4.69, 9.17) is 9.47 Å². The van der Waals surface area contributed by atoms with E-state index in [0.717, 1.165) is 19.3 Å². The van der Waals surface area contributed by atoms with Gasteiger partial charge in [0.2, 0.25) is 10.0 Å². The SMILES string of the molecule is COC(=O)c1ccc(OC2CC2)c(S(=O)(=O)N2CCCCC(O)C2)c1. The summed E-state index contributed by atoms with van der Waals surface area (Å²) in [4.78, 5) is 11.8. The van der Waals surface area contributed by atoms with Crippen molar-refractivity contribution >= 4 is 16.0 Å². The lowest BCUT2D eigenvalue weighted by Crippen LogP contribution is -2.36. The monoisotopic (exact) mass is 369 g/mol. The lowest BCUT2D eigenvalue weighted by atomic mass is 10.2. The van der Waals surface area contributed by atoms with E-state index in [-0.39, 0.29) is 28.9 Å². The standard InChI is InChI=1S/C17H23NO6S/c1-23-17(20)12-5-8-15(24-14-6-7-14)16(10-12)25(21,22)18-9-3-2-4-13(19)11-18/h5,8,10,13-14,19H,2-4,6-7,9,11H2,1H3. The molecule has 25 heavy (non-hydrogen) atoms. The summed E-state index contributed by atoms with van der Waals surface area (Å²) in [5.74, 6) is -0.362. The number of sulfonamides is 1. The van der Waals surface area contributed by atoms with E-state index in [1.54, 1.807) is 0 Å². The Balaban J connectivity index is 1.99. The fourth-order valence-corrected chi connectivity index (χ4v) is 4.52. The highest BCUT2D eigenvalue weighted by Gasteiger charge is 2.33. The van der Waals surface area contributed by atoms with Crippen molar-refractivity contribution < 1.29 is 27.8 Å². The number of esters is 1. The van der Waals surface area contributed by atoms with Crippen molar-refractivity contribution in [3.05, 3.63) is 23.8 Å². The van der Waals surface area contributed by atoms with Gasteiger partial charge in [0.25, 0.3) is 0 Å². The molecule has 7 nitrogen and oxygen atoms in total. The van der Waals surface area contributed by atoms with Crippen LogP contribution in [0.15, 0.2) is 23.1 Å². The predicted molar refractivity (Wildman–Crippen MR) is 90.0 cm³/mol. The molecule has 2 fully saturated rings. The number of hydrogen-bond acceptors (Lipinski definition) is 6. The number of aliphatic hydroxyl groups excluding tert-OH is 1. The second kappa shape index (κ2) is 7.31. The van der Waals surface area contributed by atoms with Crippen LogP contribution in [0.25, 0.3) is 0 Å². The summed E-state index contributed by atoms with van der Waals surface area (Å²) in [6.45, 7) is 0.387. The van der Waals surface area contributed by atoms with Crippen molar-refractivity contribution in [1.82, 2.24) is 4.31 Å². The summed E-state index contributed by atoms with van der Waals surface area (Å²) >= 11 is 0. The van der Waals surface area contributed by atoms with Gasteiger partial charge in [0.1, 0.15) is 10.6 Å². The van der Waals surface area contributed by atoms with E-state index in [2.05, 4.69) is 0 Å². The number of methoxy groups -OCH3 is 1. The van der Waals surface area contributed by atoms with Crippen LogP contribution in [0.4, 0.5) is 0 Å². The molecule has 1 saturated carbocycles. The summed E-state index contributed by atoms with van der Waals surface area (Å²) in [5, 5.41) is 9.96. The minimum atomic E-state index is -3.89. The molecule has 1 aromatic carbocycles. The maximum absolute atomic E-state index is 13.2. The van der Waals surface area contributed by atoms with Crippen LogP contribution in [-0.4, -0.2) is 56.2 Å². The molecule has 1 unspecified atom stereocenters. The first-order valence-corrected chi connectivity index (χ1v) is 9.93. The molecule has 2 aliphatic rings. The van der Waals surface area contributed by atoms with E-state index < -0.39 is 22.1 Å². The van der Waals surface area contributed by atoms with Gasteiger partial charge in [-0.05, 0) is 50.3 Å². The average molecular weight is 369 g/mol. The van der Waals surface area contributed by atoms with Gasteiger partial charge in [-0.15, -0.1) is 0 Å². The second-order valence-electron chi connectivity index (χ2n) is 6.48. The van der Waals surface area contributed by atoms with Gasteiger partial charge in [0.05, 0.1) is 24.9 Å². The second-order valence-corrected chi connectivity index (χ2v) is 8.39. The maximum Gasteiger partial charge on any atom is 0.337 e. The van der Waals surface area contributed by atoms with Crippen LogP contribution < -0.4 is 4.74 Å². The van der Waals surface area contributed by atoms with Crippen molar-refractivity contribution in [2.45, 2.75) is 49.2 Å². The smallest absolute Gasteiger partial charge is 0.337 e. The third-order valence-electron chi connectivity index (χ3n) is 4.41. The van der Waals surface area contributed by atoms with Gasteiger partial charge in [-0.1, -0.05) is 0 Å². The summed E-state index contributed by atoms with van der Waals surface area (Å²) in [6, 6.07) is 4.31. The Hall–Kier alpha value is -1.64. The first kappa shape index (κ1) is 18.2. The zero-order valence-electron chi connectivity index (χ0n) is 14.2. The van der Waals surface area contributed by atoms with Crippen LogP contribution >= 0.6 is 0 Å². The Kier molecular flexibility index (Phi) is 5.31. The third kappa shape index (κ3) is 4.13. The Labute approximate surface area is 147 Å². The lowest BCUT2D eigenvalue weighted by Gasteiger charge is -2.23. The molecule has 1 heterocycles. The number of aliphatic hydroxyl groups is 1. The van der Waals surface area contributed by atoms with E-state index >= 15 is 0 Å². The van der Waals surface area contributed by atoms with Gasteiger partial charge in [-0.3, -0.25) is 0 Å². The zero-order chi connectivity index (χ0) is 18.0. The Morgan fingerprint density at radius 1 is 1.24 bits per heavy atom. The number of β-amino-alcohol motifs (C(OH)–C–C–N with tert-alkyl or cyclic N) is 1. The third-order valence-corrected chi connectivity index (χ3v) is 6.30. The van der Waals surface area contributed by atoms with E-state index in [0.29, 0.717) is 19.4 Å². The molecule has 3 rings (SSSR count). The van der Waals surface area contributed by atoms with Crippen molar-refractivity contribution in [2.24, 2.45) is 0 Å². The lowest BCUT2D eigenvalue weighted by molar-refractivity contribution is 0.0600. The summed E-state index contributed by atoms with van der Waals surface area (Å²) in [6.07, 6.45) is 3.16. The van der Waals surface area contributed by atoms with Crippen molar-refractivity contribution in [1.29, 1.82) is 0 Å². The normalized spacial score (nSPS) is 22.2. The molecule has 0 bridgehead atoms. The van der Waals surface area contributed by atoms with E-state index in [1.165, 1.54) is 29.6 Å². The number of nitrogens with zero attached hydrogens (tertiary/aromatic N) is 1. The van der Waals surface area contributed by atoms with Gasteiger partial charge in [0, 0.05) is 13.1 Å². The highest BCUT2D eigenvalue weighted by Crippen LogP contribution is 2.34. The number of carbonyl (C=O) groups excluding carboxylic acids is 1. The van der Waals surface area contributed by atoms with Crippen LogP contribution in [0.1, 0.15) is 42.5 Å². The van der Waals surface area contributed by atoms with Crippen LogP contribution in [0.2, 0.25) is 0 Å². The fraction of sp³-hybridized carbons (Fsp3) is 0.588. The number of ether oxygens (including phenoxy) is 2. The molecule has 1 aliphatic carbocycles. The van der Waals surface area contributed by atoms with Crippen LogP contribution in [-0.2, 0) is 14.8 Å². The largest absolute Gasteiger partial charge is 0.489 e. The first-order valence-electron chi connectivity index (χ1n) is 8.49. The molecule has 0 spiro atoms. The fourth-order valence-electron chi connectivity index (χ4n) is 2.86. The quantitative estimate of drug-likeness (QED) is 0.792.